The minimum absolute atomic E-state index is 0.0504. The Labute approximate surface area is 351 Å². The fourth-order valence-electron chi connectivity index (χ4n) is 10.4. The van der Waals surface area contributed by atoms with E-state index in [1.54, 1.807) is 0 Å². The number of nitrogens with zero attached hydrogens (tertiary/aromatic N) is 1. The Morgan fingerprint density at radius 3 is 1.88 bits per heavy atom. The predicted octanol–water partition coefficient (Wildman–Crippen LogP) is 16.3. The number of hydrogen-bond donors (Lipinski definition) is 0. The lowest BCUT2D eigenvalue weighted by atomic mass is 9.74. The molecule has 2 aliphatic rings. The quantitative estimate of drug-likeness (QED) is 0.156. The molecule has 1 saturated carbocycles. The van der Waals surface area contributed by atoms with Crippen LogP contribution in [-0.2, 0) is 10.8 Å². The first-order valence-electron chi connectivity index (χ1n) is 21.7. The maximum atomic E-state index is 2.59. The molecule has 0 amide bonds. The third-order valence-corrected chi connectivity index (χ3v) is 13.5. The van der Waals surface area contributed by atoms with Crippen molar-refractivity contribution in [2.24, 2.45) is 0 Å². The molecule has 1 atom stereocenters. The van der Waals surface area contributed by atoms with Gasteiger partial charge in [0.2, 0.25) is 0 Å². The van der Waals surface area contributed by atoms with Crippen LogP contribution in [0.4, 0.5) is 17.1 Å². The standard InChI is InChI=1S/C58H53N/c1-57(2,3)44-34-36-46(40-20-8-5-9-21-40)55(38-44)59(45-35-37-49-48-28-14-16-32-52(48)58(4,53(49)39-45)43-26-12-7-13-27-43)54-33-17-15-29-50(54)51-31-19-25-42-24-18-30-47(56(42)51)41-22-10-6-11-23-41/h5,7-9,12-21,24-39,41H,6,10-11,22-23H2,1-4H3. The van der Waals surface area contributed by atoms with E-state index < -0.39 is 0 Å². The van der Waals surface area contributed by atoms with Gasteiger partial charge in [-0.15, -0.1) is 0 Å². The van der Waals surface area contributed by atoms with Crippen molar-refractivity contribution in [3.8, 4) is 33.4 Å². The van der Waals surface area contributed by atoms with E-state index >= 15 is 0 Å². The highest BCUT2D eigenvalue weighted by Gasteiger charge is 2.41. The van der Waals surface area contributed by atoms with Gasteiger partial charge < -0.3 is 4.90 Å². The second-order valence-corrected chi connectivity index (χ2v) is 18.1. The molecule has 59 heavy (non-hydrogen) atoms. The second-order valence-electron chi connectivity index (χ2n) is 18.1. The third kappa shape index (κ3) is 6.39. The second kappa shape index (κ2) is 14.9. The van der Waals surface area contributed by atoms with Crippen molar-refractivity contribution in [3.63, 3.8) is 0 Å². The topological polar surface area (TPSA) is 3.24 Å². The first-order chi connectivity index (χ1) is 28.8. The number of benzene rings is 8. The molecule has 10 rings (SSSR count). The Hall–Kier alpha value is -6.18. The number of para-hydroxylation sites is 1. The predicted molar refractivity (Wildman–Crippen MR) is 251 cm³/mol. The van der Waals surface area contributed by atoms with Gasteiger partial charge >= 0.3 is 0 Å². The zero-order valence-electron chi connectivity index (χ0n) is 34.9. The lowest BCUT2D eigenvalue weighted by Crippen LogP contribution is -2.23. The summed E-state index contributed by atoms with van der Waals surface area (Å²) in [6, 6.07) is 68.7. The molecular weight excluding hydrogens is 711 g/mol. The van der Waals surface area contributed by atoms with Crippen molar-refractivity contribution in [2.75, 3.05) is 4.90 Å². The average molecular weight is 764 g/mol. The van der Waals surface area contributed by atoms with Crippen molar-refractivity contribution in [2.45, 2.75) is 76.5 Å². The van der Waals surface area contributed by atoms with E-state index in [-0.39, 0.29) is 10.8 Å². The minimum atomic E-state index is -0.325. The molecule has 1 nitrogen and oxygen atoms in total. The molecule has 290 valence electrons. The van der Waals surface area contributed by atoms with Gasteiger partial charge in [0.15, 0.2) is 0 Å². The highest BCUT2D eigenvalue weighted by molar-refractivity contribution is 6.04. The fraction of sp³-hybridized carbons (Fsp3) is 0.207. The molecule has 8 aromatic rings. The van der Waals surface area contributed by atoms with Crippen molar-refractivity contribution < 1.29 is 0 Å². The number of anilines is 3. The molecular formula is C58H53N. The molecule has 0 heterocycles. The summed E-state index contributed by atoms with van der Waals surface area (Å²) in [5, 5.41) is 2.72. The summed E-state index contributed by atoms with van der Waals surface area (Å²) < 4.78 is 0. The van der Waals surface area contributed by atoms with Crippen LogP contribution in [0.15, 0.2) is 182 Å². The van der Waals surface area contributed by atoms with Gasteiger partial charge in [-0.05, 0) is 116 Å². The molecule has 0 N–H and O–H groups in total. The van der Waals surface area contributed by atoms with Crippen LogP contribution in [0.5, 0.6) is 0 Å². The van der Waals surface area contributed by atoms with Gasteiger partial charge in [-0.3, -0.25) is 0 Å². The zero-order valence-corrected chi connectivity index (χ0v) is 34.9. The molecule has 0 aromatic heterocycles. The van der Waals surface area contributed by atoms with Gasteiger partial charge in [0.05, 0.1) is 11.4 Å². The molecule has 8 aromatic carbocycles. The average Bonchev–Trinajstić information content (AvgIpc) is 3.54. The van der Waals surface area contributed by atoms with Crippen molar-refractivity contribution in [1.29, 1.82) is 0 Å². The number of fused-ring (bicyclic) bond motifs is 4. The Kier molecular flexibility index (Phi) is 9.36. The highest BCUT2D eigenvalue weighted by Crippen LogP contribution is 2.55. The van der Waals surface area contributed by atoms with E-state index in [1.165, 1.54) is 115 Å². The molecule has 0 saturated heterocycles. The molecule has 0 radical (unpaired) electrons. The first kappa shape index (κ1) is 37.1. The molecule has 0 aliphatic heterocycles. The molecule has 1 unspecified atom stereocenters. The summed E-state index contributed by atoms with van der Waals surface area (Å²) in [4.78, 5) is 2.59. The van der Waals surface area contributed by atoms with Crippen LogP contribution in [0.25, 0.3) is 44.2 Å². The van der Waals surface area contributed by atoms with E-state index in [9.17, 15) is 0 Å². The SMILES string of the molecule is CC(C)(C)c1ccc(-c2ccccc2)c(N(c2ccc3c(c2)C(C)(c2ccccc2)c2ccccc2-3)c2ccccc2-c2cccc3cccc(C4CCCCC4)c23)c1. The molecule has 0 bridgehead atoms. The summed E-state index contributed by atoms with van der Waals surface area (Å²) in [6.07, 6.45) is 6.49. The number of hydrogen-bond acceptors (Lipinski definition) is 1. The Morgan fingerprint density at radius 1 is 0.492 bits per heavy atom. The largest absolute Gasteiger partial charge is 0.309 e. The molecule has 2 aliphatic carbocycles. The van der Waals surface area contributed by atoms with Gasteiger partial charge in [0.1, 0.15) is 0 Å². The molecule has 1 heteroatoms. The van der Waals surface area contributed by atoms with Gasteiger partial charge in [0.25, 0.3) is 0 Å². The van der Waals surface area contributed by atoms with Crippen LogP contribution < -0.4 is 4.90 Å². The van der Waals surface area contributed by atoms with Crippen LogP contribution in [-0.4, -0.2) is 0 Å². The van der Waals surface area contributed by atoms with Crippen LogP contribution in [0.1, 0.15) is 93.5 Å². The normalized spacial score (nSPS) is 16.5. The summed E-state index contributed by atoms with van der Waals surface area (Å²) in [6.45, 7) is 9.40. The van der Waals surface area contributed by atoms with E-state index in [1.807, 2.05) is 0 Å². The smallest absolute Gasteiger partial charge is 0.0543 e. The minimum Gasteiger partial charge on any atom is -0.309 e. The lowest BCUT2D eigenvalue weighted by Gasteiger charge is -2.34. The zero-order chi connectivity index (χ0) is 40.1. The van der Waals surface area contributed by atoms with Crippen LogP contribution >= 0.6 is 0 Å². The monoisotopic (exact) mass is 763 g/mol. The third-order valence-electron chi connectivity index (χ3n) is 13.5. The number of rotatable bonds is 7. The maximum absolute atomic E-state index is 2.59. The Morgan fingerprint density at radius 2 is 1.12 bits per heavy atom. The van der Waals surface area contributed by atoms with Gasteiger partial charge in [-0.2, -0.15) is 0 Å². The molecule has 0 spiro atoms. The summed E-state index contributed by atoms with van der Waals surface area (Å²) in [5.74, 6) is 0.582. The van der Waals surface area contributed by atoms with Crippen molar-refractivity contribution >= 4 is 27.8 Å². The lowest BCUT2D eigenvalue weighted by molar-refractivity contribution is 0.445. The van der Waals surface area contributed by atoms with Crippen LogP contribution in [0.2, 0.25) is 0 Å². The van der Waals surface area contributed by atoms with E-state index in [0.717, 1.165) is 5.69 Å². The van der Waals surface area contributed by atoms with Gasteiger partial charge in [-0.25, -0.2) is 0 Å². The molecule has 1 fully saturated rings. The Bertz CT molecular complexity index is 2800. The highest BCUT2D eigenvalue weighted by atomic mass is 15.1. The van der Waals surface area contributed by atoms with Crippen molar-refractivity contribution in [3.05, 3.63) is 210 Å². The van der Waals surface area contributed by atoms with Gasteiger partial charge in [0, 0.05) is 22.2 Å². The first-order valence-corrected chi connectivity index (χ1v) is 21.7. The van der Waals surface area contributed by atoms with Crippen LogP contribution in [0, 0.1) is 0 Å². The van der Waals surface area contributed by atoms with Gasteiger partial charge in [-0.1, -0.05) is 198 Å². The summed E-state index contributed by atoms with van der Waals surface area (Å²) in [5.41, 5.74) is 17.5. The van der Waals surface area contributed by atoms with Crippen LogP contribution in [0.3, 0.4) is 0 Å². The summed E-state index contributed by atoms with van der Waals surface area (Å²) >= 11 is 0. The maximum Gasteiger partial charge on any atom is 0.0543 e. The summed E-state index contributed by atoms with van der Waals surface area (Å²) in [7, 11) is 0. The van der Waals surface area contributed by atoms with E-state index in [4.69, 9.17) is 0 Å². The van der Waals surface area contributed by atoms with Crippen molar-refractivity contribution in [1.82, 2.24) is 0 Å². The van der Waals surface area contributed by atoms with E-state index in [0.29, 0.717) is 5.92 Å². The fourth-order valence-corrected chi connectivity index (χ4v) is 10.4. The Balaban J connectivity index is 1.28. The van der Waals surface area contributed by atoms with E-state index in [2.05, 4.69) is 215 Å².